The Morgan fingerprint density at radius 1 is 1.06 bits per heavy atom. The molecule has 0 radical (unpaired) electrons. The van der Waals surface area contributed by atoms with E-state index < -0.39 is 24.1 Å². The molecule has 8 nitrogen and oxygen atoms in total. The van der Waals surface area contributed by atoms with Crippen LogP contribution >= 0.6 is 11.8 Å². The van der Waals surface area contributed by atoms with E-state index in [0.29, 0.717) is 5.75 Å². The van der Waals surface area contributed by atoms with Crippen LogP contribution in [0.3, 0.4) is 0 Å². The van der Waals surface area contributed by atoms with E-state index in [2.05, 4.69) is 16.0 Å². The summed E-state index contributed by atoms with van der Waals surface area (Å²) in [7, 11) is 0. The summed E-state index contributed by atoms with van der Waals surface area (Å²) in [5.41, 5.74) is 1.69. The number of hydrogen-bond donors (Lipinski definition) is 4. The second kappa shape index (κ2) is 11.4. The normalized spacial score (nSPS) is 18.3. The van der Waals surface area contributed by atoms with E-state index in [4.69, 9.17) is 9.84 Å². The molecule has 4 N–H and O–H groups in total. The highest BCUT2D eigenvalue weighted by atomic mass is 32.2. The van der Waals surface area contributed by atoms with Gasteiger partial charge in [0, 0.05) is 12.2 Å². The monoisotopic (exact) mass is 443 g/mol. The molecule has 1 aliphatic heterocycles. The van der Waals surface area contributed by atoms with Crippen LogP contribution in [0.15, 0.2) is 60.7 Å². The number of thioether (sulfide) groups is 1. The Balaban J connectivity index is 1.62. The number of alkyl carbamates (subject to hydrolysis) is 1. The van der Waals surface area contributed by atoms with Gasteiger partial charge in [-0.15, -0.1) is 11.8 Å². The Labute approximate surface area is 184 Å². The molecule has 164 valence electrons. The molecule has 0 unspecified atom stereocenters. The summed E-state index contributed by atoms with van der Waals surface area (Å²) in [6.45, 7) is 0.0560. The summed E-state index contributed by atoms with van der Waals surface area (Å²) in [4.78, 5) is 37.1. The van der Waals surface area contributed by atoms with E-state index in [9.17, 15) is 14.4 Å². The molecule has 9 heteroatoms. The number of β-lactam (4-membered cyclic amide) rings is 1. The number of aliphatic hydroxyl groups excluding tert-OH is 1. The average molecular weight is 444 g/mol. The van der Waals surface area contributed by atoms with Crippen molar-refractivity contribution in [2.75, 3.05) is 12.4 Å². The van der Waals surface area contributed by atoms with Crippen LogP contribution in [0.2, 0.25) is 0 Å². The molecule has 1 fully saturated rings. The zero-order valence-corrected chi connectivity index (χ0v) is 17.6. The van der Waals surface area contributed by atoms with Crippen LogP contribution in [0.1, 0.15) is 11.1 Å². The van der Waals surface area contributed by atoms with Crippen molar-refractivity contribution in [3.05, 3.63) is 71.8 Å². The highest BCUT2D eigenvalue weighted by Crippen LogP contribution is 2.19. The summed E-state index contributed by atoms with van der Waals surface area (Å²) in [5, 5.41) is 16.7. The van der Waals surface area contributed by atoms with Crippen LogP contribution in [0.5, 0.6) is 0 Å². The predicted octanol–water partition coefficient (Wildman–Crippen LogP) is 1.19. The van der Waals surface area contributed by atoms with Crippen LogP contribution in [0.4, 0.5) is 4.79 Å². The lowest BCUT2D eigenvalue weighted by Gasteiger charge is -2.37. The van der Waals surface area contributed by atoms with Crippen LogP contribution < -0.4 is 16.0 Å². The van der Waals surface area contributed by atoms with Gasteiger partial charge < -0.3 is 25.8 Å². The second-order valence-corrected chi connectivity index (χ2v) is 8.21. The van der Waals surface area contributed by atoms with Crippen LogP contribution in [-0.2, 0) is 27.4 Å². The molecule has 0 spiro atoms. The second-order valence-electron chi connectivity index (χ2n) is 6.96. The first-order valence-electron chi connectivity index (χ1n) is 9.91. The molecular weight excluding hydrogens is 418 g/mol. The van der Waals surface area contributed by atoms with Gasteiger partial charge in [0.25, 0.3) is 0 Å². The van der Waals surface area contributed by atoms with E-state index in [1.165, 1.54) is 11.8 Å². The molecule has 3 rings (SSSR count). The Morgan fingerprint density at radius 2 is 1.71 bits per heavy atom. The molecule has 1 aliphatic rings. The Bertz CT molecular complexity index is 881. The zero-order valence-electron chi connectivity index (χ0n) is 16.8. The van der Waals surface area contributed by atoms with E-state index in [1.807, 2.05) is 60.7 Å². The SMILES string of the molecule is O=C(N[C@@H](Cc1ccccc1)C(=O)N[C@@H]1C(=O)N[C@@H]1SCCO)OCc1ccccc1. The summed E-state index contributed by atoms with van der Waals surface area (Å²) in [5.74, 6) is -0.335. The Morgan fingerprint density at radius 3 is 2.32 bits per heavy atom. The molecule has 0 bridgehead atoms. The highest BCUT2D eigenvalue weighted by Gasteiger charge is 2.41. The molecule has 3 amide bonds. The van der Waals surface area contributed by atoms with E-state index in [0.717, 1.165) is 11.1 Å². The van der Waals surface area contributed by atoms with E-state index in [1.54, 1.807) is 0 Å². The van der Waals surface area contributed by atoms with Crippen molar-refractivity contribution in [3.8, 4) is 0 Å². The number of rotatable bonds is 10. The van der Waals surface area contributed by atoms with Crippen molar-refractivity contribution in [2.45, 2.75) is 30.5 Å². The Kier molecular flexibility index (Phi) is 8.31. The summed E-state index contributed by atoms with van der Waals surface area (Å²) in [6.07, 6.45) is -0.472. The standard InChI is InChI=1S/C22H25N3O5S/c26-11-12-31-21-18(20(28)25-21)24-19(27)17(13-15-7-3-1-4-8-15)23-22(29)30-14-16-9-5-2-6-10-16/h1-10,17-18,21,26H,11-14H2,(H,23,29)(H,24,27)(H,25,28)/t17-,18+,21+/m0/s1. The fourth-order valence-corrected chi connectivity index (χ4v) is 3.98. The van der Waals surface area contributed by atoms with Gasteiger partial charge in [-0.2, -0.15) is 0 Å². The number of ether oxygens (including phenoxy) is 1. The minimum absolute atomic E-state index is 0.0247. The van der Waals surface area contributed by atoms with E-state index in [-0.39, 0.29) is 30.9 Å². The van der Waals surface area contributed by atoms with Gasteiger partial charge in [-0.25, -0.2) is 4.79 Å². The molecule has 0 saturated carbocycles. The third-order valence-corrected chi connectivity index (χ3v) is 5.83. The van der Waals surface area contributed by atoms with Crippen molar-refractivity contribution in [1.82, 2.24) is 16.0 Å². The zero-order chi connectivity index (χ0) is 22.1. The molecule has 2 aromatic carbocycles. The number of carbonyl (C=O) groups excluding carboxylic acids is 3. The Hall–Kier alpha value is -3.04. The molecule has 31 heavy (non-hydrogen) atoms. The predicted molar refractivity (Wildman–Crippen MR) is 117 cm³/mol. The number of aliphatic hydroxyl groups is 1. The topological polar surface area (TPSA) is 117 Å². The lowest BCUT2D eigenvalue weighted by Crippen LogP contribution is -2.69. The molecule has 1 saturated heterocycles. The maximum absolute atomic E-state index is 12.9. The van der Waals surface area contributed by atoms with Gasteiger partial charge in [-0.1, -0.05) is 60.7 Å². The van der Waals surface area contributed by atoms with Gasteiger partial charge in [0.1, 0.15) is 24.1 Å². The van der Waals surface area contributed by atoms with Crippen molar-refractivity contribution in [2.24, 2.45) is 0 Å². The van der Waals surface area contributed by atoms with E-state index >= 15 is 0 Å². The smallest absolute Gasteiger partial charge is 0.408 e. The number of benzene rings is 2. The van der Waals surface area contributed by atoms with Crippen LogP contribution in [-0.4, -0.2) is 52.8 Å². The van der Waals surface area contributed by atoms with Gasteiger partial charge in [0.15, 0.2) is 0 Å². The van der Waals surface area contributed by atoms with Crippen LogP contribution in [0, 0.1) is 0 Å². The molecule has 0 aliphatic carbocycles. The fourth-order valence-electron chi connectivity index (χ4n) is 3.03. The molecule has 2 aromatic rings. The summed E-state index contributed by atoms with van der Waals surface area (Å²) >= 11 is 1.34. The van der Waals surface area contributed by atoms with Crippen LogP contribution in [0.25, 0.3) is 0 Å². The first kappa shape index (κ1) is 22.6. The van der Waals surface area contributed by atoms with Gasteiger partial charge in [-0.3, -0.25) is 9.59 Å². The highest BCUT2D eigenvalue weighted by molar-refractivity contribution is 8.00. The third-order valence-electron chi connectivity index (χ3n) is 4.66. The van der Waals surface area contributed by atoms with Crippen molar-refractivity contribution >= 4 is 29.7 Å². The molecular formula is C22H25N3O5S. The van der Waals surface area contributed by atoms with Crippen molar-refractivity contribution in [1.29, 1.82) is 0 Å². The maximum Gasteiger partial charge on any atom is 0.408 e. The first-order chi connectivity index (χ1) is 15.1. The van der Waals surface area contributed by atoms with Gasteiger partial charge in [-0.05, 0) is 11.1 Å². The fraction of sp³-hybridized carbons (Fsp3) is 0.318. The average Bonchev–Trinajstić information content (AvgIpc) is 2.79. The number of hydrogen-bond acceptors (Lipinski definition) is 6. The van der Waals surface area contributed by atoms with Crippen molar-refractivity contribution in [3.63, 3.8) is 0 Å². The first-order valence-corrected chi connectivity index (χ1v) is 11.0. The number of carbonyl (C=O) groups is 3. The molecule has 0 aromatic heterocycles. The lowest BCUT2D eigenvalue weighted by atomic mass is 10.0. The molecule has 3 atom stereocenters. The summed E-state index contributed by atoms with van der Waals surface area (Å²) in [6, 6.07) is 16.9. The summed E-state index contributed by atoms with van der Waals surface area (Å²) < 4.78 is 5.25. The quantitative estimate of drug-likeness (QED) is 0.410. The number of nitrogens with one attached hydrogen (secondary N) is 3. The van der Waals surface area contributed by atoms with Gasteiger partial charge in [0.2, 0.25) is 11.8 Å². The van der Waals surface area contributed by atoms with Crippen molar-refractivity contribution < 1.29 is 24.2 Å². The third kappa shape index (κ3) is 6.73. The number of amides is 3. The maximum atomic E-state index is 12.9. The largest absolute Gasteiger partial charge is 0.445 e. The minimum Gasteiger partial charge on any atom is -0.445 e. The molecule has 1 heterocycles. The van der Waals surface area contributed by atoms with Gasteiger partial charge in [0.05, 0.1) is 6.61 Å². The van der Waals surface area contributed by atoms with Gasteiger partial charge >= 0.3 is 6.09 Å². The lowest BCUT2D eigenvalue weighted by molar-refractivity contribution is -0.134. The minimum atomic E-state index is -0.914.